The van der Waals surface area contributed by atoms with Crippen LogP contribution in [-0.4, -0.2) is 17.3 Å². The maximum absolute atomic E-state index is 11.9. The van der Waals surface area contributed by atoms with E-state index < -0.39 is 0 Å². The Bertz CT molecular complexity index is 579. The Morgan fingerprint density at radius 1 is 0.857 bits per heavy atom. The lowest BCUT2D eigenvalue weighted by Crippen LogP contribution is -2.08. The van der Waals surface area contributed by atoms with Gasteiger partial charge in [0.15, 0.2) is 5.78 Å². The summed E-state index contributed by atoms with van der Waals surface area (Å²) in [6.07, 6.45) is 1.29. The van der Waals surface area contributed by atoms with Gasteiger partial charge in [0.25, 0.3) is 0 Å². The molecule has 0 aliphatic carbocycles. The van der Waals surface area contributed by atoms with Crippen LogP contribution in [0.3, 0.4) is 0 Å². The maximum Gasteiger partial charge on any atom is 0.170 e. The summed E-state index contributed by atoms with van der Waals surface area (Å²) in [4.78, 5) is 24.9. The van der Waals surface area contributed by atoms with E-state index in [1.165, 1.54) is 4.90 Å². The summed E-state index contributed by atoms with van der Waals surface area (Å²) >= 11 is 1.74. The van der Waals surface area contributed by atoms with Crippen molar-refractivity contribution in [3.05, 3.63) is 66.2 Å². The number of hydrogen-bond donors (Lipinski definition) is 0. The predicted molar refractivity (Wildman–Crippen MR) is 86.8 cm³/mol. The van der Waals surface area contributed by atoms with E-state index in [-0.39, 0.29) is 18.0 Å². The molecule has 2 aromatic carbocycles. The highest BCUT2D eigenvalue weighted by Gasteiger charge is 2.11. The van der Waals surface area contributed by atoms with Gasteiger partial charge in [0.05, 0.1) is 6.42 Å². The minimum absolute atomic E-state index is 0.0139. The number of benzene rings is 2. The fraction of sp³-hybridized carbons (Fsp3) is 0.222. The highest BCUT2D eigenvalue weighted by Crippen LogP contribution is 2.18. The molecule has 0 saturated carbocycles. The lowest BCUT2D eigenvalue weighted by molar-refractivity contribution is -0.118. The number of thioether (sulfide) groups is 1. The minimum atomic E-state index is -0.0867. The molecule has 0 N–H and O–H groups in total. The van der Waals surface area contributed by atoms with Crippen LogP contribution in [-0.2, 0) is 4.79 Å². The highest BCUT2D eigenvalue weighted by atomic mass is 32.2. The molecule has 21 heavy (non-hydrogen) atoms. The molecule has 2 nitrogen and oxygen atoms in total. The van der Waals surface area contributed by atoms with Crippen molar-refractivity contribution in [2.75, 3.05) is 5.75 Å². The number of carbonyl (C=O) groups excluding carboxylic acids is 2. The van der Waals surface area contributed by atoms with E-state index in [1.54, 1.807) is 23.9 Å². The summed E-state index contributed by atoms with van der Waals surface area (Å²) in [6, 6.07) is 19.1. The van der Waals surface area contributed by atoms with Crippen molar-refractivity contribution < 1.29 is 9.59 Å². The van der Waals surface area contributed by atoms with Crippen molar-refractivity contribution >= 4 is 23.3 Å². The Morgan fingerprint density at radius 2 is 1.48 bits per heavy atom. The molecule has 0 aliphatic heterocycles. The van der Waals surface area contributed by atoms with Gasteiger partial charge in [-0.1, -0.05) is 48.5 Å². The molecule has 0 amide bonds. The van der Waals surface area contributed by atoms with Crippen molar-refractivity contribution in [3.63, 3.8) is 0 Å². The molecular formula is C18H18O2S. The first kappa shape index (κ1) is 15.5. The SMILES string of the molecule is O=C(CCCSc1ccccc1)CC(=O)c1ccccc1. The van der Waals surface area contributed by atoms with Gasteiger partial charge in [0.2, 0.25) is 0 Å². The van der Waals surface area contributed by atoms with Crippen LogP contribution >= 0.6 is 11.8 Å². The second-order valence-corrected chi connectivity index (χ2v) is 5.94. The number of Topliss-reactive ketones (excluding diaryl/α,β-unsaturated/α-hetero) is 2. The summed E-state index contributed by atoms with van der Waals surface area (Å²) in [7, 11) is 0. The van der Waals surface area contributed by atoms with Gasteiger partial charge in [0, 0.05) is 16.9 Å². The number of ketones is 2. The number of rotatable bonds is 8. The molecule has 0 unspecified atom stereocenters. The van der Waals surface area contributed by atoms with E-state index in [1.807, 2.05) is 36.4 Å². The Kier molecular flexibility index (Phi) is 6.22. The molecule has 108 valence electrons. The van der Waals surface area contributed by atoms with Crippen molar-refractivity contribution in [3.8, 4) is 0 Å². The smallest absolute Gasteiger partial charge is 0.170 e. The fourth-order valence-electron chi connectivity index (χ4n) is 1.97. The molecule has 0 aliphatic rings. The van der Waals surface area contributed by atoms with Crippen LogP contribution < -0.4 is 0 Å². The summed E-state index contributed by atoms with van der Waals surface area (Å²) in [5.74, 6) is 0.837. The summed E-state index contributed by atoms with van der Waals surface area (Å²) in [6.45, 7) is 0. The zero-order valence-corrected chi connectivity index (χ0v) is 12.6. The molecule has 0 fully saturated rings. The van der Waals surface area contributed by atoms with Crippen molar-refractivity contribution in [1.29, 1.82) is 0 Å². The monoisotopic (exact) mass is 298 g/mol. The van der Waals surface area contributed by atoms with Gasteiger partial charge in [-0.05, 0) is 24.3 Å². The van der Waals surface area contributed by atoms with E-state index in [9.17, 15) is 9.59 Å². The van der Waals surface area contributed by atoms with E-state index in [2.05, 4.69) is 12.1 Å². The maximum atomic E-state index is 11.9. The largest absolute Gasteiger partial charge is 0.299 e. The van der Waals surface area contributed by atoms with Crippen LogP contribution in [0.1, 0.15) is 29.6 Å². The summed E-state index contributed by atoms with van der Waals surface area (Å²) < 4.78 is 0. The summed E-state index contributed by atoms with van der Waals surface area (Å²) in [5.41, 5.74) is 0.615. The Balaban J connectivity index is 1.67. The number of hydrogen-bond acceptors (Lipinski definition) is 3. The van der Waals surface area contributed by atoms with E-state index in [0.29, 0.717) is 12.0 Å². The first-order chi connectivity index (χ1) is 10.3. The van der Waals surface area contributed by atoms with Crippen molar-refractivity contribution in [2.45, 2.75) is 24.2 Å². The van der Waals surface area contributed by atoms with Gasteiger partial charge in [-0.2, -0.15) is 0 Å². The zero-order valence-electron chi connectivity index (χ0n) is 11.8. The molecule has 0 atom stereocenters. The van der Waals surface area contributed by atoms with Crippen LogP contribution in [0.25, 0.3) is 0 Å². The third-order valence-electron chi connectivity index (χ3n) is 3.07. The average Bonchev–Trinajstić information content (AvgIpc) is 2.53. The van der Waals surface area contributed by atoms with Gasteiger partial charge >= 0.3 is 0 Å². The molecular weight excluding hydrogens is 280 g/mol. The first-order valence-electron chi connectivity index (χ1n) is 7.03. The topological polar surface area (TPSA) is 34.1 Å². The van der Waals surface area contributed by atoms with Gasteiger partial charge < -0.3 is 0 Å². The third kappa shape index (κ3) is 5.56. The highest BCUT2D eigenvalue weighted by molar-refractivity contribution is 7.99. The number of carbonyl (C=O) groups is 2. The van der Waals surface area contributed by atoms with Crippen LogP contribution in [0.5, 0.6) is 0 Å². The van der Waals surface area contributed by atoms with E-state index in [0.717, 1.165) is 12.2 Å². The fourth-order valence-corrected chi connectivity index (χ4v) is 2.84. The van der Waals surface area contributed by atoms with Crippen LogP contribution in [0.2, 0.25) is 0 Å². The Morgan fingerprint density at radius 3 is 2.14 bits per heavy atom. The van der Waals surface area contributed by atoms with Crippen molar-refractivity contribution in [1.82, 2.24) is 0 Å². The Hall–Kier alpha value is -1.87. The van der Waals surface area contributed by atoms with Crippen LogP contribution in [0, 0.1) is 0 Å². The zero-order chi connectivity index (χ0) is 14.9. The van der Waals surface area contributed by atoms with Gasteiger partial charge in [-0.3, -0.25) is 9.59 Å². The quantitative estimate of drug-likeness (QED) is 0.313. The minimum Gasteiger partial charge on any atom is -0.299 e. The van der Waals surface area contributed by atoms with E-state index in [4.69, 9.17) is 0 Å². The molecule has 0 bridgehead atoms. The van der Waals surface area contributed by atoms with Gasteiger partial charge in [-0.25, -0.2) is 0 Å². The van der Waals surface area contributed by atoms with Crippen molar-refractivity contribution in [2.24, 2.45) is 0 Å². The molecule has 2 aromatic rings. The van der Waals surface area contributed by atoms with Crippen LogP contribution in [0.15, 0.2) is 65.6 Å². The molecule has 2 rings (SSSR count). The van der Waals surface area contributed by atoms with Gasteiger partial charge in [-0.15, -0.1) is 11.8 Å². The molecule has 0 spiro atoms. The predicted octanol–water partition coefficient (Wildman–Crippen LogP) is 4.40. The third-order valence-corrected chi connectivity index (χ3v) is 4.16. The Labute approximate surface area is 129 Å². The van der Waals surface area contributed by atoms with Gasteiger partial charge in [0.1, 0.15) is 5.78 Å². The van der Waals surface area contributed by atoms with Crippen LogP contribution in [0.4, 0.5) is 0 Å². The first-order valence-corrected chi connectivity index (χ1v) is 8.02. The summed E-state index contributed by atoms with van der Waals surface area (Å²) in [5, 5.41) is 0. The second-order valence-electron chi connectivity index (χ2n) is 4.77. The normalized spacial score (nSPS) is 10.3. The standard InChI is InChI=1S/C18H18O2S/c19-16(14-18(20)15-8-3-1-4-9-15)10-7-13-21-17-11-5-2-6-12-17/h1-6,8-9,11-12H,7,10,13-14H2. The molecule has 3 heteroatoms. The average molecular weight is 298 g/mol. The van der Waals surface area contributed by atoms with E-state index >= 15 is 0 Å². The second kappa shape index (κ2) is 8.42. The lowest BCUT2D eigenvalue weighted by atomic mass is 10.0. The lowest BCUT2D eigenvalue weighted by Gasteiger charge is -2.02. The molecule has 0 aromatic heterocycles. The molecule has 0 radical (unpaired) electrons. The molecule has 0 saturated heterocycles. The molecule has 0 heterocycles.